The second kappa shape index (κ2) is 7.70. The molecule has 0 aliphatic carbocycles. The van der Waals surface area contributed by atoms with E-state index in [1.807, 2.05) is 24.3 Å². The van der Waals surface area contributed by atoms with E-state index in [4.69, 9.17) is 9.47 Å². The Morgan fingerprint density at radius 2 is 2.04 bits per heavy atom. The second-order valence-corrected chi connectivity index (χ2v) is 6.82. The van der Waals surface area contributed by atoms with Crippen molar-refractivity contribution in [2.45, 2.75) is 11.3 Å². The van der Waals surface area contributed by atoms with Crippen LogP contribution >= 0.6 is 27.7 Å². The van der Waals surface area contributed by atoms with Crippen molar-refractivity contribution in [1.82, 2.24) is 4.98 Å². The van der Waals surface area contributed by atoms with E-state index in [1.54, 1.807) is 12.3 Å². The summed E-state index contributed by atoms with van der Waals surface area (Å²) >= 11 is 4.75. The topological polar surface area (TPSA) is 60.5 Å². The number of benzene rings is 1. The Labute approximate surface area is 146 Å². The Morgan fingerprint density at radius 3 is 2.83 bits per heavy atom. The van der Waals surface area contributed by atoms with Gasteiger partial charge in [0.1, 0.15) is 5.82 Å². The number of carbonyl (C=O) groups excluding carboxylic acids is 1. The van der Waals surface area contributed by atoms with Crippen LogP contribution in [0.1, 0.15) is 6.42 Å². The third-order valence-electron chi connectivity index (χ3n) is 3.08. The summed E-state index contributed by atoms with van der Waals surface area (Å²) in [7, 11) is 0. The zero-order valence-corrected chi connectivity index (χ0v) is 14.7. The number of halogens is 1. The first-order valence-electron chi connectivity index (χ1n) is 7.14. The van der Waals surface area contributed by atoms with E-state index in [0.717, 1.165) is 27.3 Å². The van der Waals surface area contributed by atoms with Crippen molar-refractivity contribution in [3.05, 3.63) is 41.0 Å². The Bertz CT molecular complexity index is 694. The van der Waals surface area contributed by atoms with Gasteiger partial charge in [0, 0.05) is 22.0 Å². The Morgan fingerprint density at radius 1 is 1.22 bits per heavy atom. The normalized spacial score (nSPS) is 13.3. The molecule has 0 fully saturated rings. The molecule has 5 nitrogen and oxygen atoms in total. The van der Waals surface area contributed by atoms with E-state index in [0.29, 0.717) is 24.8 Å². The molecule has 1 aromatic heterocycles. The summed E-state index contributed by atoms with van der Waals surface area (Å²) in [5, 5.41) is 2.76. The van der Waals surface area contributed by atoms with Gasteiger partial charge in [0.2, 0.25) is 5.91 Å². The van der Waals surface area contributed by atoms with E-state index < -0.39 is 0 Å². The molecule has 3 rings (SSSR count). The number of aromatic nitrogens is 1. The van der Waals surface area contributed by atoms with Crippen molar-refractivity contribution in [3.8, 4) is 11.5 Å². The van der Waals surface area contributed by atoms with Crippen molar-refractivity contribution in [1.29, 1.82) is 0 Å². The number of rotatable bonds is 4. The molecule has 1 N–H and O–H groups in total. The van der Waals surface area contributed by atoms with Gasteiger partial charge in [-0.05, 0) is 46.3 Å². The lowest BCUT2D eigenvalue weighted by Crippen LogP contribution is -2.14. The molecule has 0 radical (unpaired) electrons. The van der Waals surface area contributed by atoms with Crippen LogP contribution in [-0.4, -0.2) is 29.9 Å². The Kier molecular flexibility index (Phi) is 5.40. The first-order chi connectivity index (χ1) is 11.2. The third-order valence-corrected chi connectivity index (χ3v) is 4.55. The summed E-state index contributed by atoms with van der Waals surface area (Å²) in [5.41, 5.74) is 0. The van der Waals surface area contributed by atoms with Gasteiger partial charge in [-0.1, -0.05) is 0 Å². The first kappa shape index (κ1) is 16.1. The maximum atomic E-state index is 12.0. The highest BCUT2D eigenvalue weighted by atomic mass is 79.9. The molecule has 0 saturated carbocycles. The van der Waals surface area contributed by atoms with Crippen molar-refractivity contribution in [2.24, 2.45) is 0 Å². The van der Waals surface area contributed by atoms with Crippen LogP contribution in [0.25, 0.3) is 0 Å². The largest absolute Gasteiger partial charge is 0.490 e. The molecular formula is C16H15BrN2O3S. The molecule has 0 unspecified atom stereocenters. The summed E-state index contributed by atoms with van der Waals surface area (Å²) in [4.78, 5) is 17.1. The number of pyridine rings is 1. The van der Waals surface area contributed by atoms with Gasteiger partial charge >= 0.3 is 0 Å². The van der Waals surface area contributed by atoms with E-state index in [2.05, 4.69) is 26.2 Å². The number of anilines is 1. The fourth-order valence-corrected chi connectivity index (χ4v) is 2.97. The lowest BCUT2D eigenvalue weighted by Gasteiger charge is -2.09. The van der Waals surface area contributed by atoms with Gasteiger partial charge in [0.25, 0.3) is 0 Å². The number of nitrogens with one attached hydrogen (secondary N) is 1. The smallest absolute Gasteiger partial charge is 0.235 e. The minimum Gasteiger partial charge on any atom is -0.490 e. The number of hydrogen-bond acceptors (Lipinski definition) is 5. The molecule has 7 heteroatoms. The fourth-order valence-electron chi connectivity index (χ4n) is 2.01. The maximum absolute atomic E-state index is 12.0. The minimum absolute atomic E-state index is 0.100. The van der Waals surface area contributed by atoms with Gasteiger partial charge in [0.15, 0.2) is 11.5 Å². The third kappa shape index (κ3) is 4.62. The molecule has 0 spiro atoms. The van der Waals surface area contributed by atoms with Crippen LogP contribution < -0.4 is 14.8 Å². The molecular weight excluding hydrogens is 380 g/mol. The Balaban J connectivity index is 1.56. The van der Waals surface area contributed by atoms with Gasteiger partial charge in [-0.15, -0.1) is 11.8 Å². The first-order valence-corrected chi connectivity index (χ1v) is 8.92. The maximum Gasteiger partial charge on any atom is 0.235 e. The number of thioether (sulfide) groups is 1. The second-order valence-electron chi connectivity index (χ2n) is 4.86. The summed E-state index contributed by atoms with van der Waals surface area (Å²) in [5.74, 6) is 2.24. The average Bonchev–Trinajstić information content (AvgIpc) is 2.80. The zero-order chi connectivity index (χ0) is 16.1. The lowest BCUT2D eigenvalue weighted by molar-refractivity contribution is -0.113. The minimum atomic E-state index is -0.100. The molecule has 1 aromatic carbocycles. The van der Waals surface area contributed by atoms with Crippen LogP contribution in [0, 0.1) is 0 Å². The standard InChI is InChI=1S/C16H15BrN2O3S/c17-11-2-5-15(18-9-11)19-16(20)10-23-12-3-4-13-14(8-12)22-7-1-6-21-13/h2-5,8-9H,1,6-7,10H2,(H,18,19,20). The van der Waals surface area contributed by atoms with Crippen molar-refractivity contribution in [3.63, 3.8) is 0 Å². The van der Waals surface area contributed by atoms with Gasteiger partial charge in [-0.3, -0.25) is 4.79 Å². The molecule has 1 aliphatic rings. The SMILES string of the molecule is O=C(CSc1ccc2c(c1)OCCCO2)Nc1ccc(Br)cn1. The van der Waals surface area contributed by atoms with Crippen LogP contribution in [0.4, 0.5) is 5.82 Å². The van der Waals surface area contributed by atoms with Crippen LogP contribution in [0.2, 0.25) is 0 Å². The summed E-state index contributed by atoms with van der Waals surface area (Å²) < 4.78 is 12.1. The van der Waals surface area contributed by atoms with E-state index >= 15 is 0 Å². The molecule has 0 bridgehead atoms. The van der Waals surface area contributed by atoms with Crippen molar-refractivity contribution in [2.75, 3.05) is 24.3 Å². The molecule has 0 saturated heterocycles. The predicted octanol–water partition coefficient (Wildman–Crippen LogP) is 3.74. The average molecular weight is 395 g/mol. The molecule has 120 valence electrons. The van der Waals surface area contributed by atoms with Crippen molar-refractivity contribution < 1.29 is 14.3 Å². The number of amides is 1. The van der Waals surface area contributed by atoms with Crippen molar-refractivity contribution >= 4 is 39.4 Å². The highest BCUT2D eigenvalue weighted by Crippen LogP contribution is 2.33. The Hall–Kier alpha value is -1.73. The molecule has 2 aromatic rings. The monoisotopic (exact) mass is 394 g/mol. The van der Waals surface area contributed by atoms with Crippen LogP contribution in [-0.2, 0) is 4.79 Å². The van der Waals surface area contributed by atoms with E-state index in [-0.39, 0.29) is 5.91 Å². The summed E-state index contributed by atoms with van der Waals surface area (Å²) in [6.07, 6.45) is 2.52. The number of hydrogen-bond donors (Lipinski definition) is 1. The van der Waals surface area contributed by atoms with Gasteiger partial charge < -0.3 is 14.8 Å². The molecule has 23 heavy (non-hydrogen) atoms. The predicted molar refractivity (Wildman–Crippen MR) is 93.3 cm³/mol. The number of carbonyl (C=O) groups is 1. The summed E-state index contributed by atoms with van der Waals surface area (Å²) in [6.45, 7) is 1.32. The zero-order valence-electron chi connectivity index (χ0n) is 12.3. The molecule has 2 heterocycles. The van der Waals surface area contributed by atoms with E-state index in [9.17, 15) is 4.79 Å². The molecule has 0 atom stereocenters. The molecule has 1 amide bonds. The lowest BCUT2D eigenvalue weighted by atomic mass is 10.3. The van der Waals surface area contributed by atoms with Crippen LogP contribution in [0.3, 0.4) is 0 Å². The van der Waals surface area contributed by atoms with Crippen LogP contribution in [0.15, 0.2) is 45.9 Å². The highest BCUT2D eigenvalue weighted by molar-refractivity contribution is 9.10. The molecule has 1 aliphatic heterocycles. The van der Waals surface area contributed by atoms with Crippen LogP contribution in [0.5, 0.6) is 11.5 Å². The summed E-state index contributed by atoms with van der Waals surface area (Å²) in [6, 6.07) is 9.32. The van der Waals surface area contributed by atoms with Gasteiger partial charge in [0.05, 0.1) is 19.0 Å². The van der Waals surface area contributed by atoms with Gasteiger partial charge in [-0.25, -0.2) is 4.98 Å². The number of ether oxygens (including phenoxy) is 2. The van der Waals surface area contributed by atoms with E-state index in [1.165, 1.54) is 11.8 Å². The quantitative estimate of drug-likeness (QED) is 0.800. The number of nitrogens with zero attached hydrogens (tertiary/aromatic N) is 1. The highest BCUT2D eigenvalue weighted by Gasteiger charge is 2.12. The number of fused-ring (bicyclic) bond motifs is 1. The fraction of sp³-hybridized carbons (Fsp3) is 0.250. The van der Waals surface area contributed by atoms with Gasteiger partial charge in [-0.2, -0.15) is 0 Å².